The summed E-state index contributed by atoms with van der Waals surface area (Å²) in [4.78, 5) is 30.9. The molecule has 8 heteroatoms. The number of methoxy groups -OCH3 is 1. The van der Waals surface area contributed by atoms with Gasteiger partial charge < -0.3 is 19.4 Å². The summed E-state index contributed by atoms with van der Waals surface area (Å²) in [6.07, 6.45) is 9.20. The van der Waals surface area contributed by atoms with Crippen molar-refractivity contribution < 1.29 is 19.1 Å². The van der Waals surface area contributed by atoms with Crippen molar-refractivity contribution in [2.45, 2.75) is 33.2 Å². The number of ether oxygens (including phenoxy) is 2. The number of imidazole rings is 1. The second-order valence-electron chi connectivity index (χ2n) is 8.57. The van der Waals surface area contributed by atoms with E-state index in [4.69, 9.17) is 9.47 Å². The van der Waals surface area contributed by atoms with Gasteiger partial charge in [0.1, 0.15) is 6.61 Å². The number of esters is 2. The van der Waals surface area contributed by atoms with E-state index in [0.29, 0.717) is 22.5 Å². The number of allylic oxidation sites excluding steroid dienone is 2. The van der Waals surface area contributed by atoms with Crippen LogP contribution in [0.2, 0.25) is 0 Å². The van der Waals surface area contributed by atoms with Gasteiger partial charge in [0.15, 0.2) is 0 Å². The number of nitrogens with zero attached hydrogens (tertiary/aromatic N) is 2. The molecule has 2 aromatic heterocycles. The molecule has 1 N–H and O–H groups in total. The number of carbonyl (C=O) groups is 2. The normalized spacial score (nSPS) is 15.8. The van der Waals surface area contributed by atoms with E-state index in [1.54, 1.807) is 12.5 Å². The first-order valence-electron chi connectivity index (χ1n) is 11.6. The fourth-order valence-corrected chi connectivity index (χ4v) is 5.34. The van der Waals surface area contributed by atoms with E-state index in [9.17, 15) is 9.59 Å². The number of carbonyl (C=O) groups excluding carboxylic acids is 2. The van der Waals surface area contributed by atoms with Crippen LogP contribution in [-0.2, 0) is 25.6 Å². The van der Waals surface area contributed by atoms with Gasteiger partial charge in [-0.1, -0.05) is 30.3 Å². The molecule has 0 amide bonds. The minimum Gasteiger partial charge on any atom is -0.466 e. The smallest absolute Gasteiger partial charge is 0.337 e. The predicted octanol–water partition coefficient (Wildman–Crippen LogP) is 4.97. The third-order valence-electron chi connectivity index (χ3n) is 6.07. The fourth-order valence-electron chi connectivity index (χ4n) is 4.30. The van der Waals surface area contributed by atoms with Crippen LogP contribution in [0.25, 0.3) is 6.08 Å². The zero-order valence-corrected chi connectivity index (χ0v) is 21.6. The number of rotatable bonds is 8. The van der Waals surface area contributed by atoms with Gasteiger partial charge in [0.05, 0.1) is 30.5 Å². The molecular weight excluding hydrogens is 474 g/mol. The molecule has 1 atom stereocenters. The number of hydrogen-bond donors (Lipinski definition) is 1. The van der Waals surface area contributed by atoms with E-state index >= 15 is 0 Å². The molecule has 0 spiro atoms. The lowest BCUT2D eigenvalue weighted by Crippen LogP contribution is -2.32. The van der Waals surface area contributed by atoms with Crippen LogP contribution in [0.15, 0.2) is 83.0 Å². The van der Waals surface area contributed by atoms with Crippen molar-refractivity contribution in [2.24, 2.45) is 0 Å². The molecule has 0 saturated carbocycles. The molecule has 1 aromatic carbocycles. The Morgan fingerprint density at radius 3 is 2.42 bits per heavy atom. The van der Waals surface area contributed by atoms with Crippen molar-refractivity contribution >= 4 is 29.4 Å². The van der Waals surface area contributed by atoms with Gasteiger partial charge >= 0.3 is 11.9 Å². The summed E-state index contributed by atoms with van der Waals surface area (Å²) in [7, 11) is 1.35. The standard InChI is InChI=1S/C28H29N3O4S/c1-18-11-15-36-26(18)25-23(27(32)34-4)19(2)30-20(3)24(25)28(33)35-14-5-6-21-7-9-22(10-8-21)16-31-13-12-29-17-31/h5-13,15,17,25,30H,14,16H2,1-4H3/b6-5+. The number of hydrogen-bond acceptors (Lipinski definition) is 7. The molecule has 0 fully saturated rings. The third kappa shape index (κ3) is 5.49. The van der Waals surface area contributed by atoms with Gasteiger partial charge in [-0.2, -0.15) is 0 Å². The van der Waals surface area contributed by atoms with Gasteiger partial charge in [-0.25, -0.2) is 14.6 Å². The lowest BCUT2D eigenvalue weighted by molar-refractivity contribution is -0.138. The van der Waals surface area contributed by atoms with Crippen LogP contribution in [0.4, 0.5) is 0 Å². The maximum absolute atomic E-state index is 13.3. The van der Waals surface area contributed by atoms with Crippen LogP contribution in [0.5, 0.6) is 0 Å². The Bertz CT molecular complexity index is 1330. The van der Waals surface area contributed by atoms with Crippen LogP contribution in [0.3, 0.4) is 0 Å². The molecule has 7 nitrogen and oxygen atoms in total. The van der Waals surface area contributed by atoms with E-state index < -0.39 is 17.9 Å². The molecule has 186 valence electrons. The monoisotopic (exact) mass is 503 g/mol. The second kappa shape index (κ2) is 11.2. The molecule has 0 radical (unpaired) electrons. The number of aryl methyl sites for hydroxylation is 1. The molecule has 0 saturated heterocycles. The summed E-state index contributed by atoms with van der Waals surface area (Å²) >= 11 is 1.51. The topological polar surface area (TPSA) is 82.5 Å². The number of dihydropyridines is 1. The van der Waals surface area contributed by atoms with E-state index in [2.05, 4.69) is 22.4 Å². The minimum atomic E-state index is -0.543. The summed E-state index contributed by atoms with van der Waals surface area (Å²) in [5, 5.41) is 5.12. The zero-order chi connectivity index (χ0) is 25.7. The lowest BCUT2D eigenvalue weighted by atomic mass is 9.83. The van der Waals surface area contributed by atoms with Crippen molar-refractivity contribution in [1.29, 1.82) is 0 Å². The van der Waals surface area contributed by atoms with Crippen LogP contribution in [-0.4, -0.2) is 35.2 Å². The highest BCUT2D eigenvalue weighted by molar-refractivity contribution is 7.10. The van der Waals surface area contributed by atoms with E-state index in [-0.39, 0.29) is 6.61 Å². The Morgan fingerprint density at radius 2 is 1.81 bits per heavy atom. The van der Waals surface area contributed by atoms with Crippen molar-refractivity contribution in [1.82, 2.24) is 14.9 Å². The van der Waals surface area contributed by atoms with Gasteiger partial charge in [0.2, 0.25) is 0 Å². The quantitative estimate of drug-likeness (QED) is 0.437. The summed E-state index contributed by atoms with van der Waals surface area (Å²) in [6.45, 7) is 6.48. The summed E-state index contributed by atoms with van der Waals surface area (Å²) in [5.74, 6) is -1.47. The Hall–Kier alpha value is -3.91. The summed E-state index contributed by atoms with van der Waals surface area (Å²) in [6, 6.07) is 10.1. The largest absolute Gasteiger partial charge is 0.466 e. The number of benzene rings is 1. The summed E-state index contributed by atoms with van der Waals surface area (Å²) < 4.78 is 12.7. The molecular formula is C28H29N3O4S. The van der Waals surface area contributed by atoms with E-state index in [0.717, 1.165) is 22.5 Å². The molecule has 3 heterocycles. The maximum atomic E-state index is 13.3. The fraction of sp³-hybridized carbons (Fsp3) is 0.250. The number of thiophene rings is 1. The van der Waals surface area contributed by atoms with Gasteiger partial charge in [-0.05, 0) is 55.0 Å². The number of aromatic nitrogens is 2. The average molecular weight is 504 g/mol. The summed E-state index contributed by atoms with van der Waals surface area (Å²) in [5.41, 5.74) is 5.37. The highest BCUT2D eigenvalue weighted by Gasteiger charge is 2.39. The molecule has 36 heavy (non-hydrogen) atoms. The van der Waals surface area contributed by atoms with Crippen molar-refractivity contribution in [2.75, 3.05) is 13.7 Å². The number of nitrogens with one attached hydrogen (secondary N) is 1. The Balaban J connectivity index is 1.46. The maximum Gasteiger partial charge on any atom is 0.337 e. The van der Waals surface area contributed by atoms with Crippen LogP contribution in [0, 0.1) is 6.92 Å². The molecule has 4 rings (SSSR count). The molecule has 1 aliphatic rings. The molecule has 1 aliphatic heterocycles. The highest BCUT2D eigenvalue weighted by atomic mass is 32.1. The van der Waals surface area contributed by atoms with Crippen LogP contribution < -0.4 is 5.32 Å². The van der Waals surface area contributed by atoms with E-state index in [1.165, 1.54) is 24.0 Å². The minimum absolute atomic E-state index is 0.110. The third-order valence-corrected chi connectivity index (χ3v) is 7.16. The molecule has 1 unspecified atom stereocenters. The van der Waals surface area contributed by atoms with Crippen molar-refractivity contribution in [3.63, 3.8) is 0 Å². The Kier molecular flexibility index (Phi) is 7.85. The zero-order valence-electron chi connectivity index (χ0n) is 20.8. The first-order chi connectivity index (χ1) is 17.4. The van der Waals surface area contributed by atoms with Gasteiger partial charge in [-0.3, -0.25) is 0 Å². The van der Waals surface area contributed by atoms with Gasteiger partial charge in [0, 0.05) is 35.2 Å². The van der Waals surface area contributed by atoms with Crippen LogP contribution in [0.1, 0.15) is 41.3 Å². The average Bonchev–Trinajstić information content (AvgIpc) is 3.53. The lowest BCUT2D eigenvalue weighted by Gasteiger charge is -2.29. The molecule has 0 bridgehead atoms. The first-order valence-corrected chi connectivity index (χ1v) is 12.5. The first kappa shape index (κ1) is 25.2. The predicted molar refractivity (Wildman–Crippen MR) is 140 cm³/mol. The van der Waals surface area contributed by atoms with Crippen molar-refractivity contribution in [3.8, 4) is 0 Å². The van der Waals surface area contributed by atoms with Gasteiger partial charge in [-0.15, -0.1) is 11.3 Å². The van der Waals surface area contributed by atoms with Crippen molar-refractivity contribution in [3.05, 3.63) is 105 Å². The Morgan fingerprint density at radius 1 is 1.08 bits per heavy atom. The highest BCUT2D eigenvalue weighted by Crippen LogP contribution is 2.42. The van der Waals surface area contributed by atoms with Gasteiger partial charge in [0.25, 0.3) is 0 Å². The molecule has 3 aromatic rings. The molecule has 0 aliphatic carbocycles. The van der Waals surface area contributed by atoms with E-state index in [1.807, 2.05) is 67.3 Å². The second-order valence-corrected chi connectivity index (χ2v) is 9.52. The Labute approximate surface area is 214 Å². The van der Waals surface area contributed by atoms with Crippen LogP contribution >= 0.6 is 11.3 Å². The SMILES string of the molecule is COC(=O)C1=C(C)NC(C)=C(C(=O)OC/C=C/c2ccc(Cn3ccnc3)cc2)C1c1sccc1C.